The van der Waals surface area contributed by atoms with Crippen molar-refractivity contribution in [1.82, 2.24) is 9.38 Å². The molecule has 33 heavy (non-hydrogen) atoms. The van der Waals surface area contributed by atoms with Gasteiger partial charge in [-0.15, -0.1) is 0 Å². The summed E-state index contributed by atoms with van der Waals surface area (Å²) in [6.45, 7) is 4.06. The van der Waals surface area contributed by atoms with Crippen LogP contribution >= 0.6 is 11.6 Å². The number of benzene rings is 2. The summed E-state index contributed by atoms with van der Waals surface area (Å²) in [4.78, 5) is 28.8. The van der Waals surface area contributed by atoms with Crippen molar-refractivity contribution in [2.45, 2.75) is 20.5 Å². The molecule has 0 bridgehead atoms. The average Bonchev–Trinajstić information content (AvgIpc) is 2.80. The van der Waals surface area contributed by atoms with Crippen LogP contribution in [-0.4, -0.2) is 21.9 Å². The first-order valence-corrected chi connectivity index (χ1v) is 10.7. The molecule has 0 fully saturated rings. The van der Waals surface area contributed by atoms with Gasteiger partial charge in [0, 0.05) is 18.0 Å². The normalized spacial score (nSPS) is 10.8. The van der Waals surface area contributed by atoms with Crippen molar-refractivity contribution in [3.05, 3.63) is 99.1 Å². The van der Waals surface area contributed by atoms with Gasteiger partial charge in [-0.05, 0) is 73.5 Å². The van der Waals surface area contributed by atoms with E-state index in [4.69, 9.17) is 21.1 Å². The number of carbonyl (C=O) groups excluding carboxylic acids is 1. The number of hydrogen-bond acceptors (Lipinski definition) is 5. The number of carbonyl (C=O) groups is 1. The molecule has 0 saturated carbocycles. The van der Waals surface area contributed by atoms with Gasteiger partial charge in [-0.3, -0.25) is 14.0 Å². The van der Waals surface area contributed by atoms with Crippen molar-refractivity contribution < 1.29 is 14.3 Å². The van der Waals surface area contributed by atoms with Crippen molar-refractivity contribution in [1.29, 1.82) is 0 Å². The van der Waals surface area contributed by atoms with Crippen LogP contribution in [0.15, 0.2) is 71.7 Å². The smallest absolute Gasteiger partial charge is 0.262 e. The SMILES string of the molecule is Cc1ccc(OCC(=O)Nc2ccc(OCc3cc(=O)n4cc(Cl)ccc4n3)cc2)cc1C. The quantitative estimate of drug-likeness (QED) is 0.434. The molecule has 1 N–H and O–H groups in total. The summed E-state index contributed by atoms with van der Waals surface area (Å²) >= 11 is 5.93. The number of hydrogen-bond donors (Lipinski definition) is 1. The van der Waals surface area contributed by atoms with E-state index in [9.17, 15) is 9.59 Å². The van der Waals surface area contributed by atoms with Gasteiger partial charge in [0.05, 0.1) is 10.7 Å². The van der Waals surface area contributed by atoms with Crippen LogP contribution in [0, 0.1) is 13.8 Å². The number of aryl methyl sites for hydroxylation is 2. The van der Waals surface area contributed by atoms with Crippen molar-refractivity contribution >= 4 is 28.8 Å². The van der Waals surface area contributed by atoms with Gasteiger partial charge in [-0.1, -0.05) is 17.7 Å². The lowest BCUT2D eigenvalue weighted by atomic mass is 10.1. The fourth-order valence-electron chi connectivity index (χ4n) is 3.14. The molecule has 2 heterocycles. The van der Waals surface area contributed by atoms with Crippen molar-refractivity contribution in [3.63, 3.8) is 0 Å². The highest BCUT2D eigenvalue weighted by molar-refractivity contribution is 6.30. The Hall–Kier alpha value is -3.84. The van der Waals surface area contributed by atoms with Crippen LogP contribution in [0.2, 0.25) is 5.02 Å². The van der Waals surface area contributed by atoms with Crippen LogP contribution in [0.3, 0.4) is 0 Å². The topological polar surface area (TPSA) is 81.9 Å². The van der Waals surface area contributed by atoms with E-state index in [1.54, 1.807) is 36.4 Å². The number of ether oxygens (including phenoxy) is 2. The lowest BCUT2D eigenvalue weighted by Gasteiger charge is -2.10. The molecule has 4 rings (SSSR count). The Morgan fingerprint density at radius 3 is 2.48 bits per heavy atom. The first-order chi connectivity index (χ1) is 15.9. The van der Waals surface area contributed by atoms with E-state index in [2.05, 4.69) is 10.3 Å². The number of anilines is 1. The minimum Gasteiger partial charge on any atom is -0.487 e. The van der Waals surface area contributed by atoms with E-state index < -0.39 is 0 Å². The predicted molar refractivity (Wildman–Crippen MR) is 127 cm³/mol. The molecule has 2 aromatic heterocycles. The summed E-state index contributed by atoms with van der Waals surface area (Å²) in [7, 11) is 0. The molecule has 0 unspecified atom stereocenters. The maximum Gasteiger partial charge on any atom is 0.262 e. The van der Waals surface area contributed by atoms with E-state index in [1.807, 2.05) is 32.0 Å². The number of fused-ring (bicyclic) bond motifs is 1. The van der Waals surface area contributed by atoms with Gasteiger partial charge in [0.25, 0.3) is 11.5 Å². The third-order valence-electron chi connectivity index (χ3n) is 5.05. The summed E-state index contributed by atoms with van der Waals surface area (Å²) in [5.74, 6) is 0.974. The lowest BCUT2D eigenvalue weighted by molar-refractivity contribution is -0.118. The Kier molecular flexibility index (Phi) is 6.60. The second kappa shape index (κ2) is 9.75. The Morgan fingerprint density at radius 1 is 0.970 bits per heavy atom. The third kappa shape index (κ3) is 5.70. The highest BCUT2D eigenvalue weighted by Gasteiger charge is 2.07. The average molecular weight is 464 g/mol. The van der Waals surface area contributed by atoms with Gasteiger partial charge in [0.15, 0.2) is 6.61 Å². The molecule has 2 aromatic carbocycles. The van der Waals surface area contributed by atoms with Crippen molar-refractivity contribution in [2.75, 3.05) is 11.9 Å². The molecule has 168 valence electrons. The van der Waals surface area contributed by atoms with Gasteiger partial charge >= 0.3 is 0 Å². The first-order valence-electron chi connectivity index (χ1n) is 10.3. The number of pyridine rings is 1. The lowest BCUT2D eigenvalue weighted by Crippen LogP contribution is -2.20. The second-order valence-corrected chi connectivity index (χ2v) is 7.99. The van der Waals surface area contributed by atoms with Crippen LogP contribution in [0.5, 0.6) is 11.5 Å². The second-order valence-electron chi connectivity index (χ2n) is 7.56. The van der Waals surface area contributed by atoms with Crippen LogP contribution < -0.4 is 20.3 Å². The minimum atomic E-state index is -0.261. The highest BCUT2D eigenvalue weighted by atomic mass is 35.5. The zero-order chi connectivity index (χ0) is 23.4. The largest absolute Gasteiger partial charge is 0.487 e. The monoisotopic (exact) mass is 463 g/mol. The van der Waals surface area contributed by atoms with Crippen LogP contribution in [0.25, 0.3) is 5.65 Å². The number of nitrogens with zero attached hydrogens (tertiary/aromatic N) is 2. The zero-order valence-corrected chi connectivity index (χ0v) is 18.9. The van der Waals surface area contributed by atoms with Crippen molar-refractivity contribution in [2.24, 2.45) is 0 Å². The molecule has 0 atom stereocenters. The third-order valence-corrected chi connectivity index (χ3v) is 5.27. The van der Waals surface area contributed by atoms with Crippen LogP contribution in [-0.2, 0) is 11.4 Å². The summed E-state index contributed by atoms with van der Waals surface area (Å²) in [5, 5.41) is 3.24. The maximum atomic E-state index is 12.2. The zero-order valence-electron chi connectivity index (χ0n) is 18.2. The van der Waals surface area contributed by atoms with E-state index >= 15 is 0 Å². The van der Waals surface area contributed by atoms with E-state index in [1.165, 1.54) is 22.2 Å². The fourth-order valence-corrected chi connectivity index (χ4v) is 3.30. The molecule has 0 saturated heterocycles. The first kappa shape index (κ1) is 22.4. The summed E-state index contributed by atoms with van der Waals surface area (Å²) in [6, 6.07) is 17.4. The Bertz CT molecular complexity index is 1370. The van der Waals surface area contributed by atoms with Gasteiger partial charge < -0.3 is 14.8 Å². The number of rotatable bonds is 7. The van der Waals surface area contributed by atoms with Crippen molar-refractivity contribution in [3.8, 4) is 11.5 Å². The Balaban J connectivity index is 1.31. The molecule has 0 aliphatic rings. The Labute approximate surface area is 195 Å². The number of halogens is 1. The molecule has 0 radical (unpaired) electrons. The number of amides is 1. The maximum absolute atomic E-state index is 12.2. The van der Waals surface area contributed by atoms with Crippen LogP contribution in [0.4, 0.5) is 5.69 Å². The van der Waals surface area contributed by atoms with Gasteiger partial charge in [0.2, 0.25) is 0 Å². The van der Waals surface area contributed by atoms with E-state index in [0.717, 1.165) is 5.56 Å². The number of aromatic nitrogens is 2. The summed E-state index contributed by atoms with van der Waals surface area (Å²) in [6.07, 6.45) is 1.52. The molecule has 7 nitrogen and oxygen atoms in total. The van der Waals surface area contributed by atoms with Gasteiger partial charge in [-0.25, -0.2) is 4.98 Å². The predicted octanol–water partition coefficient (Wildman–Crippen LogP) is 4.56. The standard InChI is InChI=1S/C25H22ClN3O4/c1-16-3-7-22(11-17(16)2)33-15-24(30)28-19-5-8-21(9-6-19)32-14-20-12-25(31)29-13-18(26)4-10-23(29)27-20/h3-13H,14-15H2,1-2H3,(H,28,30). The van der Waals surface area contributed by atoms with Crippen LogP contribution in [0.1, 0.15) is 16.8 Å². The summed E-state index contributed by atoms with van der Waals surface area (Å²) in [5.41, 5.74) is 3.66. The van der Waals surface area contributed by atoms with Gasteiger partial charge in [0.1, 0.15) is 23.8 Å². The van der Waals surface area contributed by atoms with E-state index in [0.29, 0.717) is 33.6 Å². The number of nitrogens with one attached hydrogen (secondary N) is 1. The highest BCUT2D eigenvalue weighted by Crippen LogP contribution is 2.18. The molecule has 1 amide bonds. The van der Waals surface area contributed by atoms with Gasteiger partial charge in [-0.2, -0.15) is 0 Å². The molecular weight excluding hydrogens is 442 g/mol. The molecule has 0 spiro atoms. The molecule has 0 aliphatic carbocycles. The van der Waals surface area contributed by atoms with E-state index in [-0.39, 0.29) is 24.7 Å². The summed E-state index contributed by atoms with van der Waals surface area (Å²) < 4.78 is 12.7. The minimum absolute atomic E-state index is 0.0882. The molecule has 0 aliphatic heterocycles. The molecule has 8 heteroatoms. The molecular formula is C25H22ClN3O4. The Morgan fingerprint density at radius 2 is 1.73 bits per heavy atom. The molecule has 4 aromatic rings. The fraction of sp³-hybridized carbons (Fsp3) is 0.160.